The summed E-state index contributed by atoms with van der Waals surface area (Å²) < 4.78 is 27.2. The van der Waals surface area contributed by atoms with Gasteiger partial charge in [-0.15, -0.1) is 0 Å². The van der Waals surface area contributed by atoms with Gasteiger partial charge in [-0.25, -0.2) is 13.1 Å². The topological polar surface area (TPSA) is 46.2 Å². The van der Waals surface area contributed by atoms with Crippen LogP contribution in [0.25, 0.3) is 0 Å². The van der Waals surface area contributed by atoms with E-state index < -0.39 is 10.0 Å². The summed E-state index contributed by atoms with van der Waals surface area (Å²) in [5.74, 6) is 0. The first-order valence-corrected chi connectivity index (χ1v) is 9.31. The summed E-state index contributed by atoms with van der Waals surface area (Å²) in [5, 5.41) is 0.795. The molecule has 0 aliphatic rings. The normalized spacial score (nSPS) is 13.4. The number of rotatable bonds is 8. The molecule has 1 aromatic rings. The molecular weight excluding hydrogens is 326 g/mol. The van der Waals surface area contributed by atoms with Gasteiger partial charge in [0.2, 0.25) is 10.0 Å². The van der Waals surface area contributed by atoms with Crippen molar-refractivity contribution in [1.29, 1.82) is 0 Å². The Hall–Kier alpha value is -0.390. The zero-order chi connectivity index (χ0) is 14.3. The fraction of sp³-hybridized carbons (Fsp3) is 0.571. The van der Waals surface area contributed by atoms with Gasteiger partial charge in [-0.2, -0.15) is 0 Å². The minimum absolute atomic E-state index is 0.0142. The Kier molecular flexibility index (Phi) is 7.04. The van der Waals surface area contributed by atoms with E-state index in [1.54, 1.807) is 12.1 Å². The van der Waals surface area contributed by atoms with E-state index in [1.807, 2.05) is 19.1 Å². The van der Waals surface area contributed by atoms with Gasteiger partial charge in [0.15, 0.2) is 0 Å². The van der Waals surface area contributed by atoms with Crippen LogP contribution in [0.4, 0.5) is 0 Å². The van der Waals surface area contributed by atoms with Gasteiger partial charge < -0.3 is 0 Å². The van der Waals surface area contributed by atoms with Crippen LogP contribution >= 0.6 is 15.9 Å². The van der Waals surface area contributed by atoms with Gasteiger partial charge in [0.25, 0.3) is 0 Å². The van der Waals surface area contributed by atoms with E-state index >= 15 is 0 Å². The minimum Gasteiger partial charge on any atom is -0.208 e. The minimum atomic E-state index is -3.40. The number of aryl methyl sites for hydroxylation is 1. The molecule has 0 spiro atoms. The third-order valence-electron chi connectivity index (χ3n) is 3.04. The predicted octanol–water partition coefficient (Wildman–Crippen LogP) is 3.48. The molecule has 19 heavy (non-hydrogen) atoms. The lowest BCUT2D eigenvalue weighted by Crippen LogP contribution is -2.34. The Labute approximate surface area is 125 Å². The maximum atomic E-state index is 12.2. The Bertz CT molecular complexity index is 471. The second-order valence-corrected chi connectivity index (χ2v) is 7.11. The van der Waals surface area contributed by atoms with Crippen molar-refractivity contribution in [3.05, 3.63) is 29.8 Å². The van der Waals surface area contributed by atoms with Gasteiger partial charge in [0.1, 0.15) is 0 Å². The van der Waals surface area contributed by atoms with E-state index in [4.69, 9.17) is 0 Å². The highest BCUT2D eigenvalue weighted by molar-refractivity contribution is 9.09. The molecule has 3 nitrogen and oxygen atoms in total. The van der Waals surface area contributed by atoms with Crippen molar-refractivity contribution in [3.8, 4) is 0 Å². The number of halogens is 1. The van der Waals surface area contributed by atoms with E-state index in [0.29, 0.717) is 4.90 Å². The van der Waals surface area contributed by atoms with Crippen LogP contribution in [0.2, 0.25) is 0 Å². The highest BCUT2D eigenvalue weighted by atomic mass is 79.9. The number of sulfonamides is 1. The molecular formula is C14H22BrNO2S. The van der Waals surface area contributed by atoms with Crippen molar-refractivity contribution in [2.75, 3.05) is 5.33 Å². The quantitative estimate of drug-likeness (QED) is 0.731. The molecule has 0 saturated carbocycles. The molecule has 0 radical (unpaired) electrons. The summed E-state index contributed by atoms with van der Waals surface area (Å²) in [7, 11) is -3.40. The molecule has 1 unspecified atom stereocenters. The molecule has 0 heterocycles. The third-order valence-corrected chi connectivity index (χ3v) is 5.04. The summed E-state index contributed by atoms with van der Waals surface area (Å²) in [6, 6.07) is 7.15. The fourth-order valence-electron chi connectivity index (χ4n) is 1.89. The molecule has 0 aliphatic heterocycles. The van der Waals surface area contributed by atoms with Crippen molar-refractivity contribution in [2.45, 2.75) is 50.5 Å². The fourth-order valence-corrected chi connectivity index (χ4v) is 3.80. The van der Waals surface area contributed by atoms with Crippen molar-refractivity contribution < 1.29 is 8.42 Å². The lowest BCUT2D eigenvalue weighted by atomic mass is 10.1. The molecule has 1 N–H and O–H groups in total. The molecule has 0 fully saturated rings. The van der Waals surface area contributed by atoms with Crippen LogP contribution in [0, 0.1) is 0 Å². The highest BCUT2D eigenvalue weighted by Gasteiger charge is 2.18. The van der Waals surface area contributed by atoms with Crippen LogP contribution in [0.15, 0.2) is 29.2 Å². The Balaban J connectivity index is 2.81. The summed E-state index contributed by atoms with van der Waals surface area (Å²) in [6.45, 7) is 4.10. The molecule has 5 heteroatoms. The largest absolute Gasteiger partial charge is 0.240 e. The lowest BCUT2D eigenvalue weighted by Gasteiger charge is -2.16. The van der Waals surface area contributed by atoms with E-state index in [9.17, 15) is 8.42 Å². The van der Waals surface area contributed by atoms with Gasteiger partial charge in [-0.1, -0.05) is 48.3 Å². The average molecular weight is 348 g/mol. The SMILES string of the molecule is CCCc1ccc(S(=O)(=O)NC(CC)CCBr)cc1. The zero-order valence-corrected chi connectivity index (χ0v) is 13.9. The standard InChI is InChI=1S/C14H22BrNO2S/c1-3-5-12-6-8-14(9-7-12)19(17,18)16-13(4-2)10-11-15/h6-9,13,16H,3-5,10-11H2,1-2H3. The number of alkyl halides is 1. The maximum absolute atomic E-state index is 12.2. The van der Waals surface area contributed by atoms with Crippen LogP contribution in [-0.4, -0.2) is 19.8 Å². The Morgan fingerprint density at radius 2 is 1.84 bits per heavy atom. The summed E-state index contributed by atoms with van der Waals surface area (Å²) >= 11 is 3.35. The lowest BCUT2D eigenvalue weighted by molar-refractivity contribution is 0.533. The van der Waals surface area contributed by atoms with Crippen LogP contribution < -0.4 is 4.72 Å². The number of benzene rings is 1. The van der Waals surface area contributed by atoms with Crippen LogP contribution in [0.3, 0.4) is 0 Å². The van der Waals surface area contributed by atoms with Gasteiger partial charge in [-0.05, 0) is 37.0 Å². The van der Waals surface area contributed by atoms with E-state index in [-0.39, 0.29) is 6.04 Å². The van der Waals surface area contributed by atoms with E-state index in [0.717, 1.165) is 31.0 Å². The van der Waals surface area contributed by atoms with Gasteiger partial charge in [0.05, 0.1) is 4.90 Å². The number of nitrogens with one attached hydrogen (secondary N) is 1. The molecule has 108 valence electrons. The highest BCUT2D eigenvalue weighted by Crippen LogP contribution is 2.14. The van der Waals surface area contributed by atoms with Crippen LogP contribution in [-0.2, 0) is 16.4 Å². The van der Waals surface area contributed by atoms with Crippen molar-refractivity contribution in [2.24, 2.45) is 0 Å². The number of hydrogen-bond donors (Lipinski definition) is 1. The molecule has 0 saturated heterocycles. The molecule has 1 aromatic carbocycles. The van der Waals surface area contributed by atoms with E-state index in [1.165, 1.54) is 5.56 Å². The molecule has 0 aliphatic carbocycles. The Morgan fingerprint density at radius 1 is 1.21 bits per heavy atom. The molecule has 1 rings (SSSR count). The third kappa shape index (κ3) is 5.24. The second-order valence-electron chi connectivity index (χ2n) is 4.60. The molecule has 0 bridgehead atoms. The second kappa shape index (κ2) is 8.02. The molecule has 1 atom stereocenters. The average Bonchev–Trinajstić information content (AvgIpc) is 2.39. The van der Waals surface area contributed by atoms with Crippen molar-refractivity contribution >= 4 is 26.0 Å². The molecule has 0 amide bonds. The first kappa shape index (κ1) is 16.7. The monoisotopic (exact) mass is 347 g/mol. The Morgan fingerprint density at radius 3 is 2.32 bits per heavy atom. The summed E-state index contributed by atoms with van der Waals surface area (Å²) in [4.78, 5) is 0.348. The summed E-state index contributed by atoms with van der Waals surface area (Å²) in [5.41, 5.74) is 1.17. The van der Waals surface area contributed by atoms with Crippen molar-refractivity contribution in [1.82, 2.24) is 4.72 Å². The van der Waals surface area contributed by atoms with Crippen LogP contribution in [0.5, 0.6) is 0 Å². The zero-order valence-electron chi connectivity index (χ0n) is 11.5. The number of hydrogen-bond acceptors (Lipinski definition) is 2. The van der Waals surface area contributed by atoms with Gasteiger partial charge in [0, 0.05) is 11.4 Å². The van der Waals surface area contributed by atoms with Gasteiger partial charge in [-0.3, -0.25) is 0 Å². The smallest absolute Gasteiger partial charge is 0.208 e. The summed E-state index contributed by atoms with van der Waals surface area (Å²) in [6.07, 6.45) is 3.63. The van der Waals surface area contributed by atoms with Gasteiger partial charge >= 0.3 is 0 Å². The predicted molar refractivity (Wildman–Crippen MR) is 83.2 cm³/mol. The van der Waals surface area contributed by atoms with E-state index in [2.05, 4.69) is 27.6 Å². The van der Waals surface area contributed by atoms with Crippen molar-refractivity contribution in [3.63, 3.8) is 0 Å². The van der Waals surface area contributed by atoms with Crippen LogP contribution in [0.1, 0.15) is 38.7 Å². The first-order chi connectivity index (χ1) is 9.03. The maximum Gasteiger partial charge on any atom is 0.240 e. The first-order valence-electron chi connectivity index (χ1n) is 6.70. The molecule has 0 aromatic heterocycles.